The van der Waals surface area contributed by atoms with Gasteiger partial charge in [-0.05, 0) is 50.5 Å². The number of nitrogens with one attached hydrogen (secondary N) is 2. The molecule has 2 aliphatic rings. The molecule has 1 amide bonds. The minimum Gasteiger partial charge on any atom is -0.497 e. The molecule has 172 valence electrons. The molecule has 0 aromatic heterocycles. The Bertz CT molecular complexity index is 701. The van der Waals surface area contributed by atoms with Crippen LogP contribution in [0.1, 0.15) is 51.9 Å². The molecule has 1 unspecified atom stereocenters. The summed E-state index contributed by atoms with van der Waals surface area (Å²) in [5.41, 5.74) is 0. The monoisotopic (exact) mass is 430 g/mol. The number of carbonyl (C=O) groups is 1. The van der Waals surface area contributed by atoms with Crippen molar-refractivity contribution in [3.8, 4) is 11.5 Å². The van der Waals surface area contributed by atoms with Crippen molar-refractivity contribution in [2.45, 2.75) is 57.9 Å². The molecule has 1 saturated carbocycles. The fourth-order valence-corrected chi connectivity index (χ4v) is 4.32. The second kappa shape index (κ2) is 12.4. The van der Waals surface area contributed by atoms with Crippen LogP contribution >= 0.6 is 0 Å². The molecule has 1 aromatic rings. The van der Waals surface area contributed by atoms with Crippen molar-refractivity contribution in [3.63, 3.8) is 0 Å². The van der Waals surface area contributed by atoms with Crippen LogP contribution in [-0.4, -0.2) is 62.7 Å². The standard InChI is InChI=1S/C24H38N4O3/c1-3-25-24(26-15-7-17-31-22-12-10-21(30-2)11-13-22)27-20-14-16-28(18-20)23(29)19-8-5-4-6-9-19/h10-13,19-20H,3-9,14-18H2,1-2H3,(H2,25,26,27). The van der Waals surface area contributed by atoms with Crippen molar-refractivity contribution in [1.29, 1.82) is 0 Å². The average Bonchev–Trinajstić information content (AvgIpc) is 3.28. The third-order valence-corrected chi connectivity index (χ3v) is 6.04. The normalized spacial score (nSPS) is 19.9. The van der Waals surface area contributed by atoms with Crippen LogP contribution in [-0.2, 0) is 4.79 Å². The van der Waals surface area contributed by atoms with E-state index in [9.17, 15) is 4.79 Å². The molecule has 2 N–H and O–H groups in total. The second-order valence-corrected chi connectivity index (χ2v) is 8.39. The lowest BCUT2D eigenvalue weighted by Crippen LogP contribution is -2.45. The van der Waals surface area contributed by atoms with Crippen LogP contribution in [0.15, 0.2) is 29.3 Å². The van der Waals surface area contributed by atoms with Gasteiger partial charge in [0, 0.05) is 44.6 Å². The predicted octanol–water partition coefficient (Wildman–Crippen LogP) is 3.20. The third kappa shape index (κ3) is 7.33. The molecule has 0 bridgehead atoms. The van der Waals surface area contributed by atoms with Crippen molar-refractivity contribution < 1.29 is 14.3 Å². The Morgan fingerprint density at radius 2 is 1.87 bits per heavy atom. The Balaban J connectivity index is 1.39. The number of methoxy groups -OCH3 is 1. The molecule has 3 rings (SSSR count). The zero-order valence-electron chi connectivity index (χ0n) is 19.1. The number of rotatable bonds is 9. The van der Waals surface area contributed by atoms with Crippen LogP contribution in [0.25, 0.3) is 0 Å². The van der Waals surface area contributed by atoms with E-state index in [4.69, 9.17) is 9.47 Å². The molecule has 1 saturated heterocycles. The third-order valence-electron chi connectivity index (χ3n) is 6.04. The molecule has 1 atom stereocenters. The lowest BCUT2D eigenvalue weighted by atomic mass is 9.88. The minimum atomic E-state index is 0.250. The first kappa shape index (κ1) is 23.2. The molecule has 0 radical (unpaired) electrons. The van der Waals surface area contributed by atoms with E-state index in [2.05, 4.69) is 27.4 Å². The van der Waals surface area contributed by atoms with E-state index in [1.807, 2.05) is 24.3 Å². The number of hydrogen-bond acceptors (Lipinski definition) is 4. The van der Waals surface area contributed by atoms with Crippen LogP contribution < -0.4 is 20.1 Å². The van der Waals surface area contributed by atoms with E-state index >= 15 is 0 Å². The first-order valence-electron chi connectivity index (χ1n) is 11.8. The number of guanidine groups is 1. The van der Waals surface area contributed by atoms with Crippen LogP contribution in [0, 0.1) is 5.92 Å². The van der Waals surface area contributed by atoms with Crippen molar-refractivity contribution in [1.82, 2.24) is 15.5 Å². The lowest BCUT2D eigenvalue weighted by molar-refractivity contribution is -0.135. The zero-order chi connectivity index (χ0) is 21.9. The van der Waals surface area contributed by atoms with Gasteiger partial charge in [0.15, 0.2) is 5.96 Å². The topological polar surface area (TPSA) is 75.2 Å². The highest BCUT2D eigenvalue weighted by atomic mass is 16.5. The van der Waals surface area contributed by atoms with Gasteiger partial charge in [-0.2, -0.15) is 0 Å². The van der Waals surface area contributed by atoms with Crippen molar-refractivity contribution in [2.75, 3.05) is 39.9 Å². The Labute approximate surface area is 186 Å². The van der Waals surface area contributed by atoms with E-state index in [1.165, 1.54) is 19.3 Å². The Hall–Kier alpha value is -2.44. The van der Waals surface area contributed by atoms with Crippen LogP contribution in [0.3, 0.4) is 0 Å². The molecule has 1 aliphatic carbocycles. The Kier molecular flexibility index (Phi) is 9.31. The smallest absolute Gasteiger partial charge is 0.225 e. The minimum absolute atomic E-state index is 0.250. The maximum Gasteiger partial charge on any atom is 0.225 e. The summed E-state index contributed by atoms with van der Waals surface area (Å²) in [4.78, 5) is 19.5. The molecular formula is C24H38N4O3. The number of likely N-dealkylation sites (tertiary alicyclic amines) is 1. The second-order valence-electron chi connectivity index (χ2n) is 8.39. The highest BCUT2D eigenvalue weighted by Crippen LogP contribution is 2.26. The SMILES string of the molecule is CCNC(=NCCCOc1ccc(OC)cc1)NC1CCN(C(=O)C2CCCCC2)C1. The summed E-state index contributed by atoms with van der Waals surface area (Å²) < 4.78 is 10.9. The fourth-order valence-electron chi connectivity index (χ4n) is 4.32. The number of benzene rings is 1. The van der Waals surface area contributed by atoms with Gasteiger partial charge in [-0.25, -0.2) is 0 Å². The summed E-state index contributed by atoms with van der Waals surface area (Å²) in [6.45, 7) is 5.80. The van der Waals surface area contributed by atoms with Gasteiger partial charge in [0.25, 0.3) is 0 Å². The number of nitrogens with zero attached hydrogens (tertiary/aromatic N) is 2. The van der Waals surface area contributed by atoms with Gasteiger partial charge in [-0.15, -0.1) is 0 Å². The first-order valence-corrected chi connectivity index (χ1v) is 11.8. The number of hydrogen-bond donors (Lipinski definition) is 2. The number of aliphatic imine (C=N–C) groups is 1. The zero-order valence-corrected chi connectivity index (χ0v) is 19.1. The van der Waals surface area contributed by atoms with Gasteiger partial charge in [0.1, 0.15) is 11.5 Å². The van der Waals surface area contributed by atoms with E-state index in [1.54, 1.807) is 7.11 Å². The summed E-state index contributed by atoms with van der Waals surface area (Å²) in [5.74, 6) is 3.10. The fraction of sp³-hybridized carbons (Fsp3) is 0.667. The van der Waals surface area contributed by atoms with Gasteiger partial charge in [0.2, 0.25) is 5.91 Å². The van der Waals surface area contributed by atoms with Crippen LogP contribution in [0.5, 0.6) is 11.5 Å². The molecule has 1 aliphatic heterocycles. The summed E-state index contributed by atoms with van der Waals surface area (Å²) in [7, 11) is 1.65. The largest absolute Gasteiger partial charge is 0.497 e. The number of amides is 1. The van der Waals surface area contributed by atoms with Gasteiger partial charge < -0.3 is 25.0 Å². The summed E-state index contributed by atoms with van der Waals surface area (Å²) in [5, 5.41) is 6.84. The Morgan fingerprint density at radius 3 is 2.58 bits per heavy atom. The number of carbonyl (C=O) groups excluding carboxylic acids is 1. The maximum absolute atomic E-state index is 12.8. The first-order chi connectivity index (χ1) is 15.2. The van der Waals surface area contributed by atoms with E-state index in [0.717, 1.165) is 62.8 Å². The molecule has 7 heteroatoms. The quantitative estimate of drug-likeness (QED) is 0.358. The summed E-state index contributed by atoms with van der Waals surface area (Å²) in [6.07, 6.45) is 7.62. The van der Waals surface area contributed by atoms with Gasteiger partial charge in [-0.3, -0.25) is 9.79 Å². The highest BCUT2D eigenvalue weighted by molar-refractivity contribution is 5.81. The van der Waals surface area contributed by atoms with Crippen molar-refractivity contribution in [2.24, 2.45) is 10.9 Å². The molecule has 2 fully saturated rings. The van der Waals surface area contributed by atoms with Crippen LogP contribution in [0.2, 0.25) is 0 Å². The van der Waals surface area contributed by atoms with E-state index in [-0.39, 0.29) is 12.0 Å². The molecule has 7 nitrogen and oxygen atoms in total. The Morgan fingerprint density at radius 1 is 1.13 bits per heavy atom. The number of ether oxygens (including phenoxy) is 2. The van der Waals surface area contributed by atoms with Crippen LogP contribution in [0.4, 0.5) is 0 Å². The molecule has 0 spiro atoms. The van der Waals surface area contributed by atoms with Gasteiger partial charge in [-0.1, -0.05) is 19.3 Å². The highest BCUT2D eigenvalue weighted by Gasteiger charge is 2.31. The summed E-state index contributed by atoms with van der Waals surface area (Å²) in [6, 6.07) is 7.87. The van der Waals surface area contributed by atoms with Crippen molar-refractivity contribution >= 4 is 11.9 Å². The van der Waals surface area contributed by atoms with Crippen molar-refractivity contribution in [3.05, 3.63) is 24.3 Å². The summed E-state index contributed by atoms with van der Waals surface area (Å²) >= 11 is 0. The molecular weight excluding hydrogens is 392 g/mol. The average molecular weight is 431 g/mol. The lowest BCUT2D eigenvalue weighted by Gasteiger charge is -2.26. The van der Waals surface area contributed by atoms with Gasteiger partial charge in [0.05, 0.1) is 13.7 Å². The van der Waals surface area contributed by atoms with Gasteiger partial charge >= 0.3 is 0 Å². The molecule has 1 aromatic carbocycles. The van der Waals surface area contributed by atoms with E-state index in [0.29, 0.717) is 19.1 Å². The molecule has 31 heavy (non-hydrogen) atoms. The maximum atomic E-state index is 12.8. The molecule has 1 heterocycles. The predicted molar refractivity (Wildman–Crippen MR) is 124 cm³/mol. The van der Waals surface area contributed by atoms with E-state index < -0.39 is 0 Å².